The van der Waals surface area contributed by atoms with E-state index >= 15 is 0 Å². The van der Waals surface area contributed by atoms with Crippen LogP contribution < -0.4 is 5.73 Å². The van der Waals surface area contributed by atoms with Gasteiger partial charge in [-0.2, -0.15) is 0 Å². The molecule has 0 aliphatic carbocycles. The number of benzene rings is 2. The first-order chi connectivity index (χ1) is 11.7. The number of hydrogen-bond donors (Lipinski definition) is 1. The average Bonchev–Trinajstić information content (AvgIpc) is 2.60. The molecule has 0 amide bonds. The van der Waals surface area contributed by atoms with Crippen LogP contribution in [0.15, 0.2) is 54.6 Å². The average molecular weight is 321 g/mol. The molecule has 0 aromatic heterocycles. The quantitative estimate of drug-likeness (QED) is 0.262. The van der Waals surface area contributed by atoms with Crippen LogP contribution in [0.3, 0.4) is 0 Å². The van der Waals surface area contributed by atoms with Crippen molar-refractivity contribution in [2.24, 2.45) is 0 Å². The number of anilines is 1. The Morgan fingerprint density at radius 2 is 1.67 bits per heavy atom. The molecular formula is C21H23NO2. The lowest BCUT2D eigenvalue weighted by molar-refractivity contribution is -0.137. The molecule has 0 aliphatic rings. The van der Waals surface area contributed by atoms with E-state index in [0.717, 1.165) is 35.2 Å². The topological polar surface area (TPSA) is 52.3 Å². The van der Waals surface area contributed by atoms with Crippen molar-refractivity contribution < 1.29 is 9.53 Å². The van der Waals surface area contributed by atoms with Crippen LogP contribution in [0, 0.1) is 0 Å². The molecule has 3 heteroatoms. The Hall–Kier alpha value is -2.81. The largest absolute Gasteiger partial charge is 0.463 e. The van der Waals surface area contributed by atoms with Gasteiger partial charge in [-0.05, 0) is 41.3 Å². The summed E-state index contributed by atoms with van der Waals surface area (Å²) in [6.07, 6.45) is 9.21. The lowest BCUT2D eigenvalue weighted by Gasteiger charge is -2.02. The SMILES string of the molecule is CCCCOC(=O)C=Cc1ccccc1C=Cc1ccc(N)cc1. The van der Waals surface area contributed by atoms with Crippen molar-refractivity contribution in [2.45, 2.75) is 19.8 Å². The van der Waals surface area contributed by atoms with Crippen LogP contribution in [0.2, 0.25) is 0 Å². The molecule has 0 unspecified atom stereocenters. The molecule has 2 rings (SSSR count). The standard InChI is InChI=1S/C21H23NO2/c1-2-3-16-24-21(23)15-12-19-7-5-4-6-18(19)11-8-17-9-13-20(22)14-10-17/h4-15H,2-3,16,22H2,1H3. The van der Waals surface area contributed by atoms with E-state index in [0.29, 0.717) is 6.61 Å². The summed E-state index contributed by atoms with van der Waals surface area (Å²) < 4.78 is 5.13. The predicted octanol–water partition coefficient (Wildman–Crippen LogP) is 4.80. The second-order valence-electron chi connectivity index (χ2n) is 5.48. The van der Waals surface area contributed by atoms with E-state index in [2.05, 4.69) is 6.92 Å². The molecule has 0 atom stereocenters. The molecule has 3 nitrogen and oxygen atoms in total. The Morgan fingerprint density at radius 3 is 2.33 bits per heavy atom. The Labute approximate surface area is 143 Å². The number of hydrogen-bond acceptors (Lipinski definition) is 3. The third kappa shape index (κ3) is 5.76. The summed E-state index contributed by atoms with van der Waals surface area (Å²) in [5, 5.41) is 0. The number of ether oxygens (including phenoxy) is 1. The van der Waals surface area contributed by atoms with Gasteiger partial charge in [0.15, 0.2) is 0 Å². The molecule has 0 aliphatic heterocycles. The van der Waals surface area contributed by atoms with Gasteiger partial charge in [-0.25, -0.2) is 4.79 Å². The maximum Gasteiger partial charge on any atom is 0.330 e. The van der Waals surface area contributed by atoms with Gasteiger partial charge < -0.3 is 10.5 Å². The van der Waals surface area contributed by atoms with Gasteiger partial charge in [0.05, 0.1) is 6.61 Å². The summed E-state index contributed by atoms with van der Waals surface area (Å²) in [7, 11) is 0. The number of nitrogen functional groups attached to an aromatic ring is 1. The van der Waals surface area contributed by atoms with Crippen LogP contribution in [-0.4, -0.2) is 12.6 Å². The van der Waals surface area contributed by atoms with Crippen LogP contribution in [0.25, 0.3) is 18.2 Å². The molecule has 0 spiro atoms. The molecule has 24 heavy (non-hydrogen) atoms. The Morgan fingerprint density at radius 1 is 1.00 bits per heavy atom. The van der Waals surface area contributed by atoms with Crippen LogP contribution in [0.4, 0.5) is 5.69 Å². The Kier molecular flexibility index (Phi) is 6.84. The van der Waals surface area contributed by atoms with E-state index < -0.39 is 0 Å². The third-order valence-electron chi connectivity index (χ3n) is 3.53. The van der Waals surface area contributed by atoms with E-state index in [4.69, 9.17) is 10.5 Å². The summed E-state index contributed by atoms with van der Waals surface area (Å²) >= 11 is 0. The number of esters is 1. The highest BCUT2D eigenvalue weighted by atomic mass is 16.5. The lowest BCUT2D eigenvalue weighted by Crippen LogP contribution is -2.01. The summed E-state index contributed by atoms with van der Waals surface area (Å²) in [5.41, 5.74) is 9.51. The van der Waals surface area contributed by atoms with Crippen LogP contribution in [-0.2, 0) is 9.53 Å². The minimum atomic E-state index is -0.305. The maximum absolute atomic E-state index is 11.7. The van der Waals surface area contributed by atoms with Crippen molar-refractivity contribution in [1.29, 1.82) is 0 Å². The van der Waals surface area contributed by atoms with Crippen molar-refractivity contribution >= 4 is 29.9 Å². The van der Waals surface area contributed by atoms with Crippen LogP contribution in [0.5, 0.6) is 0 Å². The highest BCUT2D eigenvalue weighted by Gasteiger charge is 1.99. The molecule has 2 aromatic carbocycles. The summed E-state index contributed by atoms with van der Waals surface area (Å²) in [6.45, 7) is 2.53. The van der Waals surface area contributed by atoms with Crippen molar-refractivity contribution in [3.05, 3.63) is 71.3 Å². The number of unbranched alkanes of at least 4 members (excludes halogenated alkanes) is 1. The van der Waals surface area contributed by atoms with Gasteiger partial charge in [-0.3, -0.25) is 0 Å². The van der Waals surface area contributed by atoms with Gasteiger partial charge in [-0.15, -0.1) is 0 Å². The van der Waals surface area contributed by atoms with Crippen molar-refractivity contribution in [3.8, 4) is 0 Å². The first kappa shape index (κ1) is 17.5. The Bertz CT molecular complexity index is 715. The van der Waals surface area contributed by atoms with Crippen molar-refractivity contribution in [2.75, 3.05) is 12.3 Å². The first-order valence-corrected chi connectivity index (χ1v) is 8.16. The molecule has 124 valence electrons. The van der Waals surface area contributed by atoms with E-state index in [9.17, 15) is 4.79 Å². The number of carbonyl (C=O) groups is 1. The maximum atomic E-state index is 11.7. The fraction of sp³-hybridized carbons (Fsp3) is 0.190. The predicted molar refractivity (Wildman–Crippen MR) is 101 cm³/mol. The van der Waals surface area contributed by atoms with Gasteiger partial charge in [0.1, 0.15) is 0 Å². The zero-order valence-electron chi connectivity index (χ0n) is 13.9. The van der Waals surface area contributed by atoms with Gasteiger partial charge in [0.25, 0.3) is 0 Å². The number of nitrogens with two attached hydrogens (primary N) is 1. The van der Waals surface area contributed by atoms with Crippen LogP contribution in [0.1, 0.15) is 36.5 Å². The minimum absolute atomic E-state index is 0.305. The van der Waals surface area contributed by atoms with Gasteiger partial charge in [-0.1, -0.05) is 61.9 Å². The molecule has 0 radical (unpaired) electrons. The third-order valence-corrected chi connectivity index (χ3v) is 3.53. The highest BCUT2D eigenvalue weighted by Crippen LogP contribution is 2.15. The summed E-state index contributed by atoms with van der Waals surface area (Å²) in [6, 6.07) is 15.6. The molecule has 0 saturated heterocycles. The number of rotatable bonds is 7. The van der Waals surface area contributed by atoms with Gasteiger partial charge >= 0.3 is 5.97 Å². The molecular weight excluding hydrogens is 298 g/mol. The summed E-state index contributed by atoms with van der Waals surface area (Å²) in [4.78, 5) is 11.7. The van der Waals surface area contributed by atoms with Gasteiger partial charge in [0, 0.05) is 11.8 Å². The molecule has 2 N–H and O–H groups in total. The van der Waals surface area contributed by atoms with Crippen molar-refractivity contribution in [1.82, 2.24) is 0 Å². The molecule has 0 saturated carbocycles. The second-order valence-corrected chi connectivity index (χ2v) is 5.48. The lowest BCUT2D eigenvalue weighted by atomic mass is 10.1. The van der Waals surface area contributed by atoms with E-state index in [1.54, 1.807) is 6.08 Å². The molecule has 0 bridgehead atoms. The normalized spacial score (nSPS) is 11.2. The summed E-state index contributed by atoms with van der Waals surface area (Å²) in [5.74, 6) is -0.305. The molecule has 0 heterocycles. The highest BCUT2D eigenvalue weighted by molar-refractivity contribution is 5.88. The van der Waals surface area contributed by atoms with Crippen molar-refractivity contribution in [3.63, 3.8) is 0 Å². The fourth-order valence-corrected chi connectivity index (χ4v) is 2.13. The zero-order valence-corrected chi connectivity index (χ0v) is 13.9. The monoisotopic (exact) mass is 321 g/mol. The smallest absolute Gasteiger partial charge is 0.330 e. The fourth-order valence-electron chi connectivity index (χ4n) is 2.13. The number of carbonyl (C=O) groups excluding carboxylic acids is 1. The Balaban J connectivity index is 2.06. The van der Waals surface area contributed by atoms with E-state index in [1.807, 2.05) is 60.7 Å². The van der Waals surface area contributed by atoms with E-state index in [-0.39, 0.29) is 5.97 Å². The minimum Gasteiger partial charge on any atom is -0.463 e. The molecule has 0 fully saturated rings. The molecule has 2 aromatic rings. The zero-order chi connectivity index (χ0) is 17.2. The van der Waals surface area contributed by atoms with Gasteiger partial charge in [0.2, 0.25) is 0 Å². The van der Waals surface area contributed by atoms with E-state index in [1.165, 1.54) is 6.08 Å². The second kappa shape index (κ2) is 9.36. The first-order valence-electron chi connectivity index (χ1n) is 8.16. The van der Waals surface area contributed by atoms with Crippen LogP contribution >= 0.6 is 0 Å².